The first-order valence-electron chi connectivity index (χ1n) is 3.89. The smallest absolute Gasteiger partial charge is 0.339 e. The Morgan fingerprint density at radius 3 is 2.71 bits per heavy atom. The van der Waals surface area contributed by atoms with E-state index in [-0.39, 0.29) is 0 Å². The second-order valence-corrected chi connectivity index (χ2v) is 3.52. The van der Waals surface area contributed by atoms with Crippen LogP contribution >= 0.6 is 15.9 Å². The van der Waals surface area contributed by atoms with Crippen molar-refractivity contribution >= 4 is 21.9 Å². The van der Waals surface area contributed by atoms with Crippen LogP contribution in [0.15, 0.2) is 16.6 Å². The molecule has 0 amide bonds. The molecule has 0 saturated carbocycles. The normalized spacial score (nSPS) is 9.29. The third kappa shape index (κ3) is 1.78. The molecule has 0 atom stereocenters. The number of hydrogen-bond donors (Lipinski definition) is 0. The minimum Gasteiger partial charge on any atom is -0.465 e. The number of aryl methyl sites for hydroxylation is 1. The van der Waals surface area contributed by atoms with Crippen molar-refractivity contribution in [3.8, 4) is 6.07 Å². The molecule has 1 aromatic carbocycles. The van der Waals surface area contributed by atoms with E-state index in [0.29, 0.717) is 15.6 Å². The van der Waals surface area contributed by atoms with Crippen LogP contribution in [0.2, 0.25) is 0 Å². The van der Waals surface area contributed by atoms with Crippen LogP contribution in [0.1, 0.15) is 21.5 Å². The Kier molecular flexibility index (Phi) is 3.26. The molecule has 0 N–H and O–H groups in total. The van der Waals surface area contributed by atoms with E-state index >= 15 is 0 Å². The fraction of sp³-hybridized carbons (Fsp3) is 0.200. The van der Waals surface area contributed by atoms with Gasteiger partial charge in [0.1, 0.15) is 6.07 Å². The number of ether oxygens (including phenoxy) is 1. The van der Waals surface area contributed by atoms with Gasteiger partial charge < -0.3 is 4.74 Å². The molecule has 0 bridgehead atoms. The summed E-state index contributed by atoms with van der Waals surface area (Å²) in [7, 11) is 1.31. The summed E-state index contributed by atoms with van der Waals surface area (Å²) in [6.45, 7) is 1.81. The molecule has 0 heterocycles. The van der Waals surface area contributed by atoms with Crippen molar-refractivity contribution in [2.24, 2.45) is 0 Å². The lowest BCUT2D eigenvalue weighted by Crippen LogP contribution is -2.03. The minimum atomic E-state index is -0.451. The van der Waals surface area contributed by atoms with Gasteiger partial charge in [-0.15, -0.1) is 0 Å². The van der Waals surface area contributed by atoms with Crippen LogP contribution in [-0.2, 0) is 4.74 Å². The van der Waals surface area contributed by atoms with Crippen molar-refractivity contribution in [3.05, 3.63) is 33.3 Å². The maximum absolute atomic E-state index is 11.3. The first kappa shape index (κ1) is 10.7. The van der Waals surface area contributed by atoms with Crippen LogP contribution in [0.3, 0.4) is 0 Å². The number of benzene rings is 1. The summed E-state index contributed by atoms with van der Waals surface area (Å²) in [6, 6.07) is 5.38. The number of carbonyl (C=O) groups excluding carboxylic acids is 1. The monoisotopic (exact) mass is 253 g/mol. The number of rotatable bonds is 1. The zero-order valence-electron chi connectivity index (χ0n) is 7.80. The Labute approximate surface area is 90.4 Å². The van der Waals surface area contributed by atoms with E-state index in [4.69, 9.17) is 5.26 Å². The molecule has 1 aromatic rings. The third-order valence-electron chi connectivity index (χ3n) is 1.87. The first-order chi connectivity index (χ1) is 6.61. The molecule has 0 fully saturated rings. The molecule has 0 aliphatic rings. The van der Waals surface area contributed by atoms with E-state index in [1.807, 2.05) is 13.0 Å². The van der Waals surface area contributed by atoms with E-state index in [2.05, 4.69) is 20.7 Å². The second kappa shape index (κ2) is 4.25. The summed E-state index contributed by atoms with van der Waals surface area (Å²) in [4.78, 5) is 11.3. The highest BCUT2D eigenvalue weighted by atomic mass is 79.9. The summed E-state index contributed by atoms with van der Waals surface area (Å²) in [5, 5.41) is 8.85. The molecule has 0 unspecified atom stereocenters. The van der Waals surface area contributed by atoms with Crippen LogP contribution in [0.4, 0.5) is 0 Å². The number of methoxy groups -OCH3 is 1. The number of nitriles is 1. The predicted molar refractivity (Wildman–Crippen MR) is 54.9 cm³/mol. The Bertz CT molecular complexity index is 421. The SMILES string of the molecule is COC(=O)c1ccc(C)c(C#N)c1Br. The van der Waals surface area contributed by atoms with E-state index < -0.39 is 5.97 Å². The van der Waals surface area contributed by atoms with Crippen molar-refractivity contribution in [2.75, 3.05) is 7.11 Å². The van der Waals surface area contributed by atoms with Crippen molar-refractivity contribution in [2.45, 2.75) is 6.92 Å². The molecule has 4 heteroatoms. The molecule has 0 aliphatic carbocycles. The Morgan fingerprint density at radius 2 is 2.21 bits per heavy atom. The van der Waals surface area contributed by atoms with Crippen molar-refractivity contribution < 1.29 is 9.53 Å². The molecule has 0 saturated heterocycles. The highest BCUT2D eigenvalue weighted by Crippen LogP contribution is 2.24. The standard InChI is InChI=1S/C10H8BrNO2/c1-6-3-4-7(10(13)14-2)9(11)8(6)5-12/h3-4H,1-2H3. The van der Waals surface area contributed by atoms with Gasteiger partial charge in [0.2, 0.25) is 0 Å². The van der Waals surface area contributed by atoms with Gasteiger partial charge in [0.25, 0.3) is 0 Å². The topological polar surface area (TPSA) is 50.1 Å². The van der Waals surface area contributed by atoms with E-state index in [1.54, 1.807) is 12.1 Å². The van der Waals surface area contributed by atoms with Crippen LogP contribution < -0.4 is 0 Å². The molecule has 3 nitrogen and oxygen atoms in total. The Balaban J connectivity index is 3.37. The van der Waals surface area contributed by atoms with Gasteiger partial charge in [0.05, 0.1) is 22.7 Å². The average molecular weight is 254 g/mol. The zero-order chi connectivity index (χ0) is 10.7. The van der Waals surface area contributed by atoms with Gasteiger partial charge in [-0.3, -0.25) is 0 Å². The Morgan fingerprint density at radius 1 is 1.57 bits per heavy atom. The van der Waals surface area contributed by atoms with E-state index in [9.17, 15) is 4.79 Å². The van der Waals surface area contributed by atoms with Crippen LogP contribution in [0.25, 0.3) is 0 Å². The van der Waals surface area contributed by atoms with Crippen molar-refractivity contribution in [1.29, 1.82) is 5.26 Å². The lowest BCUT2D eigenvalue weighted by atomic mass is 10.1. The molecular formula is C10H8BrNO2. The molecule has 72 valence electrons. The highest BCUT2D eigenvalue weighted by Gasteiger charge is 2.14. The summed E-state index contributed by atoms with van der Waals surface area (Å²) in [5.41, 5.74) is 1.66. The molecule has 0 spiro atoms. The van der Waals surface area contributed by atoms with E-state index in [1.165, 1.54) is 7.11 Å². The average Bonchev–Trinajstić information content (AvgIpc) is 2.18. The third-order valence-corrected chi connectivity index (χ3v) is 2.69. The quantitative estimate of drug-likeness (QED) is 0.723. The first-order valence-corrected chi connectivity index (χ1v) is 4.68. The number of hydrogen-bond acceptors (Lipinski definition) is 3. The largest absolute Gasteiger partial charge is 0.465 e. The number of halogens is 1. The minimum absolute atomic E-state index is 0.370. The van der Waals surface area contributed by atoms with Gasteiger partial charge >= 0.3 is 5.97 Å². The Hall–Kier alpha value is -1.34. The van der Waals surface area contributed by atoms with Gasteiger partial charge in [-0.25, -0.2) is 4.79 Å². The second-order valence-electron chi connectivity index (χ2n) is 2.72. The molecule has 0 aliphatic heterocycles. The molecule has 1 rings (SSSR count). The van der Waals surface area contributed by atoms with E-state index in [0.717, 1.165) is 5.56 Å². The number of nitrogens with zero attached hydrogens (tertiary/aromatic N) is 1. The summed E-state index contributed by atoms with van der Waals surface area (Å²) in [6.07, 6.45) is 0. The fourth-order valence-electron chi connectivity index (χ4n) is 1.08. The zero-order valence-corrected chi connectivity index (χ0v) is 9.38. The van der Waals surface area contributed by atoms with Crippen LogP contribution in [0.5, 0.6) is 0 Å². The molecule has 0 aromatic heterocycles. The van der Waals surface area contributed by atoms with Crippen LogP contribution in [0, 0.1) is 18.3 Å². The lowest BCUT2D eigenvalue weighted by molar-refractivity contribution is 0.0599. The fourth-order valence-corrected chi connectivity index (χ4v) is 1.77. The lowest BCUT2D eigenvalue weighted by Gasteiger charge is -2.05. The van der Waals surface area contributed by atoms with Crippen LogP contribution in [-0.4, -0.2) is 13.1 Å². The molecular weight excluding hydrogens is 246 g/mol. The predicted octanol–water partition coefficient (Wildman–Crippen LogP) is 2.42. The van der Waals surface area contributed by atoms with Gasteiger partial charge in [-0.05, 0) is 34.5 Å². The van der Waals surface area contributed by atoms with Gasteiger partial charge in [-0.2, -0.15) is 5.26 Å². The summed E-state index contributed by atoms with van der Waals surface area (Å²) < 4.78 is 5.07. The number of esters is 1. The van der Waals surface area contributed by atoms with Gasteiger partial charge in [0, 0.05) is 0 Å². The maximum Gasteiger partial charge on any atom is 0.339 e. The maximum atomic E-state index is 11.3. The van der Waals surface area contributed by atoms with Crippen molar-refractivity contribution in [3.63, 3.8) is 0 Å². The van der Waals surface area contributed by atoms with Gasteiger partial charge in [-0.1, -0.05) is 6.07 Å². The van der Waals surface area contributed by atoms with Gasteiger partial charge in [0.15, 0.2) is 0 Å². The number of carbonyl (C=O) groups is 1. The highest BCUT2D eigenvalue weighted by molar-refractivity contribution is 9.10. The summed E-state index contributed by atoms with van der Waals surface area (Å²) >= 11 is 3.21. The summed E-state index contributed by atoms with van der Waals surface area (Å²) in [5.74, 6) is -0.451. The van der Waals surface area contributed by atoms with Crippen molar-refractivity contribution in [1.82, 2.24) is 0 Å². The molecule has 0 radical (unpaired) electrons. The molecule has 14 heavy (non-hydrogen) atoms.